The van der Waals surface area contributed by atoms with Gasteiger partial charge in [0.2, 0.25) is 5.91 Å². The lowest BCUT2D eigenvalue weighted by Gasteiger charge is -2.33. The summed E-state index contributed by atoms with van der Waals surface area (Å²) in [6, 6.07) is 20.3. The average Bonchev–Trinajstić information content (AvgIpc) is 3.24. The highest BCUT2D eigenvalue weighted by atomic mass is 32.2. The molecule has 4 aromatic rings. The fourth-order valence-corrected chi connectivity index (χ4v) is 5.23. The van der Waals surface area contributed by atoms with Gasteiger partial charge in [-0.05, 0) is 49.4 Å². The van der Waals surface area contributed by atoms with E-state index < -0.39 is 33.9 Å². The first kappa shape index (κ1) is 25.2. The van der Waals surface area contributed by atoms with Crippen LogP contribution in [0, 0.1) is 6.92 Å². The molecule has 2 unspecified atom stereocenters. The maximum Gasteiger partial charge on any atom is 0.294 e. The molecule has 3 aromatic carbocycles. The molecular formula is C27H24N4O6S. The van der Waals surface area contributed by atoms with Gasteiger partial charge in [0, 0.05) is 22.6 Å². The number of hydrogen-bond donors (Lipinski definition) is 3. The molecule has 5 rings (SSSR count). The first-order valence-corrected chi connectivity index (χ1v) is 13.1. The lowest BCUT2D eigenvalue weighted by molar-refractivity contribution is -0.118. The van der Waals surface area contributed by atoms with Gasteiger partial charge >= 0.3 is 0 Å². The summed E-state index contributed by atoms with van der Waals surface area (Å²) in [4.78, 5) is 26.4. The summed E-state index contributed by atoms with van der Waals surface area (Å²) in [6.07, 6.45) is 0. The number of methoxy groups -OCH3 is 1. The van der Waals surface area contributed by atoms with Gasteiger partial charge in [0.05, 0.1) is 23.4 Å². The van der Waals surface area contributed by atoms with Crippen molar-refractivity contribution < 1.29 is 27.3 Å². The van der Waals surface area contributed by atoms with E-state index in [1.165, 1.54) is 25.3 Å². The summed E-state index contributed by atoms with van der Waals surface area (Å²) in [5, 5.41) is 10.3. The summed E-state index contributed by atoms with van der Waals surface area (Å²) in [6.45, 7) is 1.76. The molecule has 0 spiro atoms. The minimum Gasteiger partial charge on any atom is -0.496 e. The zero-order valence-electron chi connectivity index (χ0n) is 20.5. The number of ether oxygens (including phenoxy) is 1. The van der Waals surface area contributed by atoms with Crippen LogP contribution < -0.4 is 15.4 Å². The van der Waals surface area contributed by atoms with Gasteiger partial charge in [-0.2, -0.15) is 13.5 Å². The smallest absolute Gasteiger partial charge is 0.294 e. The Morgan fingerprint density at radius 3 is 2.34 bits per heavy atom. The first-order valence-electron chi connectivity index (χ1n) is 11.7. The molecular weight excluding hydrogens is 508 g/mol. The molecule has 38 heavy (non-hydrogen) atoms. The molecule has 1 aliphatic rings. The van der Waals surface area contributed by atoms with Gasteiger partial charge in [-0.1, -0.05) is 36.4 Å². The zero-order chi connectivity index (χ0) is 27.0. The lowest BCUT2D eigenvalue weighted by atomic mass is 9.81. The molecule has 0 bridgehead atoms. The van der Waals surface area contributed by atoms with E-state index >= 15 is 0 Å². The molecule has 1 aromatic heterocycles. The van der Waals surface area contributed by atoms with Gasteiger partial charge in [-0.25, -0.2) is 4.68 Å². The maximum absolute atomic E-state index is 13.6. The molecule has 0 saturated heterocycles. The third-order valence-corrected chi connectivity index (χ3v) is 7.28. The second kappa shape index (κ2) is 9.77. The fraction of sp³-hybridized carbons (Fsp3) is 0.148. The number of carbonyl (C=O) groups is 2. The molecule has 3 N–H and O–H groups in total. The molecule has 0 saturated carbocycles. The van der Waals surface area contributed by atoms with E-state index in [4.69, 9.17) is 4.74 Å². The molecule has 2 atom stereocenters. The number of rotatable bonds is 6. The highest BCUT2D eigenvalue weighted by Crippen LogP contribution is 2.44. The number of amides is 2. The van der Waals surface area contributed by atoms with Crippen LogP contribution in [-0.4, -0.2) is 47.7 Å². The third-order valence-electron chi connectivity index (χ3n) is 6.43. The van der Waals surface area contributed by atoms with Crippen molar-refractivity contribution in [3.8, 4) is 11.4 Å². The quantitative estimate of drug-likeness (QED) is 0.324. The van der Waals surface area contributed by atoms with Crippen LogP contribution in [-0.2, 0) is 14.9 Å². The summed E-state index contributed by atoms with van der Waals surface area (Å²) >= 11 is 0. The van der Waals surface area contributed by atoms with Gasteiger partial charge < -0.3 is 15.4 Å². The van der Waals surface area contributed by atoms with Gasteiger partial charge in [0.1, 0.15) is 17.6 Å². The Bertz CT molecular complexity index is 1640. The molecule has 0 radical (unpaired) electrons. The van der Waals surface area contributed by atoms with Crippen molar-refractivity contribution in [2.45, 2.75) is 23.8 Å². The normalized spacial score (nSPS) is 16.9. The van der Waals surface area contributed by atoms with Crippen molar-refractivity contribution in [3.63, 3.8) is 0 Å². The Balaban J connectivity index is 1.73. The Kier molecular flexibility index (Phi) is 6.47. The summed E-state index contributed by atoms with van der Waals surface area (Å²) in [5.74, 6) is -1.26. The van der Waals surface area contributed by atoms with Crippen LogP contribution in [0.25, 0.3) is 5.69 Å². The van der Waals surface area contributed by atoms with Crippen molar-refractivity contribution in [3.05, 3.63) is 101 Å². The van der Waals surface area contributed by atoms with Gasteiger partial charge in [-0.3, -0.25) is 14.1 Å². The Morgan fingerprint density at radius 1 is 1.05 bits per heavy atom. The lowest BCUT2D eigenvalue weighted by Crippen LogP contribution is -2.50. The molecule has 0 fully saturated rings. The number of nitrogens with one attached hydrogen (secondary N) is 2. The largest absolute Gasteiger partial charge is 0.496 e. The van der Waals surface area contributed by atoms with Crippen molar-refractivity contribution >= 4 is 27.8 Å². The fourth-order valence-electron chi connectivity index (χ4n) is 4.71. The van der Waals surface area contributed by atoms with E-state index in [1.807, 2.05) is 30.3 Å². The van der Waals surface area contributed by atoms with E-state index in [0.29, 0.717) is 28.3 Å². The zero-order valence-corrected chi connectivity index (χ0v) is 21.3. The maximum atomic E-state index is 13.6. The van der Waals surface area contributed by atoms with Crippen LogP contribution in [0.15, 0.2) is 83.8 Å². The van der Waals surface area contributed by atoms with Gasteiger partial charge in [0.15, 0.2) is 0 Å². The minimum atomic E-state index is -4.58. The van der Waals surface area contributed by atoms with Crippen LogP contribution in [0.2, 0.25) is 0 Å². The predicted molar refractivity (Wildman–Crippen MR) is 139 cm³/mol. The molecule has 194 valence electrons. The summed E-state index contributed by atoms with van der Waals surface area (Å²) < 4.78 is 40.9. The van der Waals surface area contributed by atoms with Crippen LogP contribution >= 0.6 is 0 Å². The average molecular weight is 533 g/mol. The second-order valence-electron chi connectivity index (χ2n) is 8.76. The van der Waals surface area contributed by atoms with E-state index in [-0.39, 0.29) is 16.2 Å². The Hall–Kier alpha value is -4.48. The van der Waals surface area contributed by atoms with Crippen LogP contribution in [0.1, 0.15) is 33.1 Å². The monoisotopic (exact) mass is 532 g/mol. The van der Waals surface area contributed by atoms with E-state index in [9.17, 15) is 22.6 Å². The summed E-state index contributed by atoms with van der Waals surface area (Å²) in [5.41, 5.74) is 2.44. The number of nitrogens with zero attached hydrogens (tertiary/aromatic N) is 2. The van der Waals surface area contributed by atoms with Crippen LogP contribution in [0.5, 0.6) is 5.75 Å². The summed E-state index contributed by atoms with van der Waals surface area (Å²) in [7, 11) is -3.17. The van der Waals surface area contributed by atoms with E-state index in [1.54, 1.807) is 41.9 Å². The predicted octanol–water partition coefficient (Wildman–Crippen LogP) is 3.32. The highest BCUT2D eigenvalue weighted by molar-refractivity contribution is 7.85. The number of para-hydroxylation sites is 1. The minimum absolute atomic E-state index is 0.272. The highest BCUT2D eigenvalue weighted by Gasteiger charge is 2.43. The van der Waals surface area contributed by atoms with E-state index in [2.05, 4.69) is 15.7 Å². The first-order chi connectivity index (χ1) is 18.2. The van der Waals surface area contributed by atoms with Gasteiger partial charge in [-0.15, -0.1) is 0 Å². The topological polar surface area (TPSA) is 140 Å². The molecule has 1 aliphatic heterocycles. The number of carbonyl (C=O) groups excluding carboxylic acids is 2. The Morgan fingerprint density at radius 2 is 1.71 bits per heavy atom. The molecule has 0 aliphatic carbocycles. The number of benzene rings is 3. The molecule has 11 heteroatoms. The molecule has 2 heterocycles. The number of fused-ring (bicyclic) bond motifs is 1. The van der Waals surface area contributed by atoms with Crippen molar-refractivity contribution in [2.75, 3.05) is 12.4 Å². The second-order valence-corrected chi connectivity index (χ2v) is 10.2. The van der Waals surface area contributed by atoms with Crippen molar-refractivity contribution in [1.82, 2.24) is 15.1 Å². The van der Waals surface area contributed by atoms with Crippen LogP contribution in [0.3, 0.4) is 0 Å². The molecule has 10 nitrogen and oxygen atoms in total. The van der Waals surface area contributed by atoms with Crippen molar-refractivity contribution in [2.24, 2.45) is 0 Å². The van der Waals surface area contributed by atoms with E-state index in [0.717, 1.165) is 0 Å². The Labute approximate surface area is 219 Å². The third kappa shape index (κ3) is 4.53. The SMILES string of the molecule is COc1ccc(S(=O)(=O)O)cc1C1c2c(C)nn(-c3ccccc3)c2NC(=O)C1NC(=O)c1ccccc1. The standard InChI is InChI=1S/C27H24N4O6S/c1-16-22-23(20-15-19(38(34,35)36)13-14-21(20)37-2)24(28-26(32)17-9-5-3-6-10-17)27(33)29-25(22)31(30-16)18-11-7-4-8-12-18/h3-15,23-24H,1-2H3,(H,28,32)(H,29,33)(H,34,35,36). The van der Waals surface area contributed by atoms with Gasteiger partial charge in [0.25, 0.3) is 16.0 Å². The number of aromatic nitrogens is 2. The van der Waals surface area contributed by atoms with Crippen molar-refractivity contribution in [1.29, 1.82) is 0 Å². The number of hydrogen-bond acceptors (Lipinski definition) is 6. The van der Waals surface area contributed by atoms with Crippen LogP contribution in [0.4, 0.5) is 5.82 Å². The number of aryl methyl sites for hydroxylation is 1. The molecule has 2 amide bonds. The number of anilines is 1.